The van der Waals surface area contributed by atoms with Gasteiger partial charge in [-0.3, -0.25) is 0 Å². The zero-order valence-corrected chi connectivity index (χ0v) is 10.4. The Morgan fingerprint density at radius 2 is 1.53 bits per heavy atom. The van der Waals surface area contributed by atoms with Crippen LogP contribution >= 0.6 is 0 Å². The molecule has 0 atom stereocenters. The monoisotopic (exact) mass is 240 g/mol. The maximum Gasteiger partial charge on any atom is 0.492 e. The summed E-state index contributed by atoms with van der Waals surface area (Å²) in [6, 6.07) is 3.06. The molecule has 1 aromatic carbocycles. The van der Waals surface area contributed by atoms with Crippen molar-refractivity contribution in [1.29, 1.82) is 0 Å². The van der Waals surface area contributed by atoms with Crippen LogP contribution in [-0.2, 0) is 0 Å². The van der Waals surface area contributed by atoms with E-state index in [1.165, 1.54) is 20.3 Å². The first-order valence-corrected chi connectivity index (χ1v) is 5.28. The lowest BCUT2D eigenvalue weighted by Gasteiger charge is -2.17. The molecule has 0 aliphatic heterocycles. The SMILES string of the molecule is COc1cc(OC(C)C)c(B(O)O)cc1OC. The van der Waals surface area contributed by atoms with Crippen molar-refractivity contribution in [3.63, 3.8) is 0 Å². The zero-order chi connectivity index (χ0) is 13.0. The van der Waals surface area contributed by atoms with Crippen LogP contribution in [0.15, 0.2) is 12.1 Å². The number of benzene rings is 1. The predicted molar refractivity (Wildman–Crippen MR) is 65.1 cm³/mol. The zero-order valence-electron chi connectivity index (χ0n) is 10.4. The maximum absolute atomic E-state index is 9.28. The summed E-state index contributed by atoms with van der Waals surface area (Å²) in [5.41, 5.74) is 0.247. The molecule has 0 aliphatic carbocycles. The fraction of sp³-hybridized carbons (Fsp3) is 0.455. The van der Waals surface area contributed by atoms with Gasteiger partial charge in [0.05, 0.1) is 20.3 Å². The van der Waals surface area contributed by atoms with Gasteiger partial charge in [-0.15, -0.1) is 0 Å². The van der Waals surface area contributed by atoms with Crippen molar-refractivity contribution >= 4 is 12.6 Å². The Bertz CT molecular complexity index is 378. The van der Waals surface area contributed by atoms with Gasteiger partial charge in [-0.05, 0) is 19.9 Å². The van der Waals surface area contributed by atoms with Crippen molar-refractivity contribution in [1.82, 2.24) is 0 Å². The molecule has 17 heavy (non-hydrogen) atoms. The van der Waals surface area contributed by atoms with Crippen LogP contribution in [0.3, 0.4) is 0 Å². The van der Waals surface area contributed by atoms with E-state index in [1.54, 1.807) is 6.07 Å². The lowest BCUT2D eigenvalue weighted by atomic mass is 9.79. The van der Waals surface area contributed by atoms with Gasteiger partial charge in [-0.25, -0.2) is 0 Å². The van der Waals surface area contributed by atoms with E-state index in [0.29, 0.717) is 17.2 Å². The van der Waals surface area contributed by atoms with Crippen LogP contribution < -0.4 is 19.7 Å². The van der Waals surface area contributed by atoms with E-state index >= 15 is 0 Å². The largest absolute Gasteiger partial charge is 0.493 e. The molecule has 0 heterocycles. The van der Waals surface area contributed by atoms with Crippen molar-refractivity contribution in [2.24, 2.45) is 0 Å². The second-order valence-corrected chi connectivity index (χ2v) is 3.79. The Balaban J connectivity index is 3.24. The molecule has 2 N–H and O–H groups in total. The van der Waals surface area contributed by atoms with Gasteiger partial charge < -0.3 is 24.3 Å². The van der Waals surface area contributed by atoms with Crippen LogP contribution in [-0.4, -0.2) is 37.5 Å². The summed E-state index contributed by atoms with van der Waals surface area (Å²) in [5, 5.41) is 18.6. The second kappa shape index (κ2) is 5.79. The molecule has 0 saturated heterocycles. The van der Waals surface area contributed by atoms with Crippen LogP contribution in [0, 0.1) is 0 Å². The summed E-state index contributed by atoms with van der Waals surface area (Å²) in [7, 11) is 1.36. The van der Waals surface area contributed by atoms with Gasteiger partial charge in [0.1, 0.15) is 5.75 Å². The van der Waals surface area contributed by atoms with Crippen molar-refractivity contribution in [3.8, 4) is 17.2 Å². The Kier molecular flexibility index (Phi) is 4.66. The van der Waals surface area contributed by atoms with E-state index in [0.717, 1.165) is 0 Å². The Labute approximate surface area is 101 Å². The first-order chi connectivity index (χ1) is 7.99. The average Bonchev–Trinajstić information content (AvgIpc) is 2.27. The molecular formula is C11H17BO5. The normalized spacial score (nSPS) is 10.3. The fourth-order valence-corrected chi connectivity index (χ4v) is 1.43. The third kappa shape index (κ3) is 3.28. The standard InChI is InChI=1S/C11H17BO5/c1-7(2)17-9-6-11(16-4)10(15-3)5-8(9)12(13)14/h5-7,13-14H,1-4H3. The molecule has 94 valence electrons. The summed E-state index contributed by atoms with van der Waals surface area (Å²) >= 11 is 0. The van der Waals surface area contributed by atoms with E-state index in [4.69, 9.17) is 14.2 Å². The fourth-order valence-electron chi connectivity index (χ4n) is 1.43. The van der Waals surface area contributed by atoms with E-state index < -0.39 is 7.12 Å². The summed E-state index contributed by atoms with van der Waals surface area (Å²) in [6.07, 6.45) is -0.0781. The van der Waals surface area contributed by atoms with E-state index in [1.807, 2.05) is 13.8 Å². The number of methoxy groups -OCH3 is 2. The Hall–Kier alpha value is -1.40. The van der Waals surface area contributed by atoms with Crippen LogP contribution in [0.5, 0.6) is 17.2 Å². The minimum absolute atomic E-state index is 0.0781. The summed E-state index contributed by atoms with van der Waals surface area (Å²) in [5.74, 6) is 1.27. The molecule has 0 fully saturated rings. The molecule has 0 radical (unpaired) electrons. The summed E-state index contributed by atoms with van der Waals surface area (Å²) < 4.78 is 15.7. The van der Waals surface area contributed by atoms with Crippen molar-refractivity contribution in [2.45, 2.75) is 20.0 Å². The predicted octanol–water partition coefficient (Wildman–Crippen LogP) is 0.171. The van der Waals surface area contributed by atoms with Crippen LogP contribution in [0.4, 0.5) is 0 Å². The first kappa shape index (κ1) is 13.7. The minimum atomic E-state index is -1.62. The highest BCUT2D eigenvalue weighted by molar-refractivity contribution is 6.59. The highest BCUT2D eigenvalue weighted by atomic mass is 16.5. The number of hydrogen-bond donors (Lipinski definition) is 2. The van der Waals surface area contributed by atoms with Crippen molar-refractivity contribution in [2.75, 3.05) is 14.2 Å². The molecule has 0 saturated carbocycles. The molecule has 5 nitrogen and oxygen atoms in total. The highest BCUT2D eigenvalue weighted by Crippen LogP contribution is 2.30. The van der Waals surface area contributed by atoms with Gasteiger partial charge in [0.15, 0.2) is 11.5 Å². The van der Waals surface area contributed by atoms with Crippen LogP contribution in [0.1, 0.15) is 13.8 Å². The van der Waals surface area contributed by atoms with Gasteiger partial charge >= 0.3 is 7.12 Å². The molecule has 1 aromatic rings. The molecule has 0 aromatic heterocycles. The van der Waals surface area contributed by atoms with Gasteiger partial charge in [-0.1, -0.05) is 0 Å². The van der Waals surface area contributed by atoms with Crippen molar-refractivity contribution < 1.29 is 24.3 Å². The quantitative estimate of drug-likeness (QED) is 0.718. The van der Waals surface area contributed by atoms with E-state index in [2.05, 4.69) is 0 Å². The first-order valence-electron chi connectivity index (χ1n) is 5.28. The van der Waals surface area contributed by atoms with Crippen LogP contribution in [0.25, 0.3) is 0 Å². The van der Waals surface area contributed by atoms with Gasteiger partial charge in [0.2, 0.25) is 0 Å². The molecule has 0 amide bonds. The maximum atomic E-state index is 9.28. The molecular weight excluding hydrogens is 223 g/mol. The summed E-state index contributed by atoms with van der Waals surface area (Å²) in [4.78, 5) is 0. The summed E-state index contributed by atoms with van der Waals surface area (Å²) in [6.45, 7) is 3.70. The number of ether oxygens (including phenoxy) is 3. The van der Waals surface area contributed by atoms with Gasteiger partial charge in [0, 0.05) is 11.5 Å². The molecule has 0 bridgehead atoms. The molecule has 6 heteroatoms. The van der Waals surface area contributed by atoms with E-state index in [9.17, 15) is 10.0 Å². The smallest absolute Gasteiger partial charge is 0.492 e. The highest BCUT2D eigenvalue weighted by Gasteiger charge is 2.21. The number of rotatable bonds is 5. The van der Waals surface area contributed by atoms with Gasteiger partial charge in [-0.2, -0.15) is 0 Å². The van der Waals surface area contributed by atoms with E-state index in [-0.39, 0.29) is 11.6 Å². The second-order valence-electron chi connectivity index (χ2n) is 3.79. The molecule has 0 aliphatic rings. The van der Waals surface area contributed by atoms with Crippen molar-refractivity contribution in [3.05, 3.63) is 12.1 Å². The third-order valence-corrected chi connectivity index (χ3v) is 2.16. The lowest BCUT2D eigenvalue weighted by molar-refractivity contribution is 0.241. The third-order valence-electron chi connectivity index (χ3n) is 2.16. The molecule has 1 rings (SSSR count). The molecule has 0 unspecified atom stereocenters. The average molecular weight is 240 g/mol. The Morgan fingerprint density at radius 1 is 1.00 bits per heavy atom. The minimum Gasteiger partial charge on any atom is -0.493 e. The topological polar surface area (TPSA) is 68.2 Å². The van der Waals surface area contributed by atoms with Crippen LogP contribution in [0.2, 0.25) is 0 Å². The lowest BCUT2D eigenvalue weighted by Crippen LogP contribution is -2.32. The Morgan fingerprint density at radius 3 is 1.94 bits per heavy atom. The molecule has 0 spiro atoms. The number of hydrogen-bond acceptors (Lipinski definition) is 5. The van der Waals surface area contributed by atoms with Gasteiger partial charge in [0.25, 0.3) is 0 Å².